The van der Waals surface area contributed by atoms with Gasteiger partial charge in [0.25, 0.3) is 0 Å². The van der Waals surface area contributed by atoms with Crippen molar-refractivity contribution in [1.82, 2.24) is 9.88 Å². The second-order valence-electron chi connectivity index (χ2n) is 4.86. The predicted octanol–water partition coefficient (Wildman–Crippen LogP) is 4.14. The molecule has 0 saturated carbocycles. The maximum atomic E-state index is 4.47. The molecule has 1 aromatic heterocycles. The fraction of sp³-hybridized carbons (Fsp3) is 0.438. The van der Waals surface area contributed by atoms with Gasteiger partial charge in [-0.3, -0.25) is 0 Å². The highest BCUT2D eigenvalue weighted by Gasteiger charge is 2.05. The molecule has 0 unspecified atom stereocenters. The molecule has 1 aromatic carbocycles. The molecular formula is C16H22BrN3. The zero-order valence-electron chi connectivity index (χ0n) is 12.2. The molecule has 0 atom stereocenters. The lowest BCUT2D eigenvalue weighted by Gasteiger charge is -2.20. The van der Waals surface area contributed by atoms with E-state index in [1.165, 1.54) is 17.2 Å². The fourth-order valence-corrected chi connectivity index (χ4v) is 2.88. The number of rotatable bonds is 7. The van der Waals surface area contributed by atoms with Crippen molar-refractivity contribution in [3.05, 3.63) is 34.9 Å². The van der Waals surface area contributed by atoms with Gasteiger partial charge >= 0.3 is 0 Å². The van der Waals surface area contributed by atoms with E-state index in [1.807, 2.05) is 12.3 Å². The molecule has 3 nitrogen and oxygen atoms in total. The second-order valence-corrected chi connectivity index (χ2v) is 5.71. The molecule has 0 saturated heterocycles. The highest BCUT2D eigenvalue weighted by molar-refractivity contribution is 9.10. The molecule has 0 radical (unpaired) electrons. The Labute approximate surface area is 129 Å². The van der Waals surface area contributed by atoms with Gasteiger partial charge in [-0.2, -0.15) is 0 Å². The van der Waals surface area contributed by atoms with E-state index in [4.69, 9.17) is 0 Å². The van der Waals surface area contributed by atoms with E-state index in [0.29, 0.717) is 0 Å². The van der Waals surface area contributed by atoms with Crippen LogP contribution in [0.2, 0.25) is 0 Å². The molecule has 2 rings (SSSR count). The van der Waals surface area contributed by atoms with Crippen LogP contribution in [-0.4, -0.2) is 36.1 Å². The molecule has 0 aliphatic heterocycles. The van der Waals surface area contributed by atoms with Crippen molar-refractivity contribution in [2.45, 2.75) is 20.3 Å². The van der Waals surface area contributed by atoms with Gasteiger partial charge in [0, 0.05) is 34.5 Å². The Balaban J connectivity index is 2.05. The number of nitrogens with one attached hydrogen (secondary N) is 1. The highest BCUT2D eigenvalue weighted by atomic mass is 79.9. The summed E-state index contributed by atoms with van der Waals surface area (Å²) in [6.45, 7) is 8.67. The lowest BCUT2D eigenvalue weighted by atomic mass is 10.1. The summed E-state index contributed by atoms with van der Waals surface area (Å²) in [7, 11) is 0. The molecule has 4 heteroatoms. The number of aromatic nitrogens is 1. The van der Waals surface area contributed by atoms with Crippen molar-refractivity contribution >= 4 is 32.5 Å². The lowest BCUT2D eigenvalue weighted by molar-refractivity contribution is 0.300. The minimum Gasteiger partial charge on any atom is -0.368 e. The summed E-state index contributed by atoms with van der Waals surface area (Å²) >= 11 is 3.59. The van der Waals surface area contributed by atoms with Crippen LogP contribution in [0, 0.1) is 0 Å². The van der Waals surface area contributed by atoms with Crippen LogP contribution in [0.15, 0.2) is 34.9 Å². The van der Waals surface area contributed by atoms with Crippen molar-refractivity contribution in [2.24, 2.45) is 0 Å². The molecule has 20 heavy (non-hydrogen) atoms. The SMILES string of the molecule is CCCN(CC)CCNc1nccc2c(Br)cccc12. The van der Waals surface area contributed by atoms with Crippen molar-refractivity contribution in [3.63, 3.8) is 0 Å². The van der Waals surface area contributed by atoms with Gasteiger partial charge < -0.3 is 10.2 Å². The van der Waals surface area contributed by atoms with Crippen molar-refractivity contribution in [1.29, 1.82) is 0 Å². The quantitative estimate of drug-likeness (QED) is 0.824. The van der Waals surface area contributed by atoms with E-state index in [-0.39, 0.29) is 0 Å². The van der Waals surface area contributed by atoms with Gasteiger partial charge in [-0.05, 0) is 31.6 Å². The summed E-state index contributed by atoms with van der Waals surface area (Å²) < 4.78 is 1.11. The first-order chi connectivity index (χ1) is 9.76. The number of pyridine rings is 1. The Hall–Kier alpha value is -1.13. The van der Waals surface area contributed by atoms with Gasteiger partial charge in [0.1, 0.15) is 5.82 Å². The van der Waals surface area contributed by atoms with E-state index in [2.05, 4.69) is 63.2 Å². The normalized spacial score (nSPS) is 11.2. The molecule has 0 aliphatic rings. The third-order valence-corrected chi connectivity index (χ3v) is 4.15. The predicted molar refractivity (Wildman–Crippen MR) is 90.3 cm³/mol. The van der Waals surface area contributed by atoms with E-state index < -0.39 is 0 Å². The first-order valence-electron chi connectivity index (χ1n) is 7.25. The number of nitrogens with zero attached hydrogens (tertiary/aromatic N) is 2. The fourth-order valence-electron chi connectivity index (χ4n) is 2.39. The van der Waals surface area contributed by atoms with E-state index in [0.717, 1.165) is 36.5 Å². The largest absolute Gasteiger partial charge is 0.368 e. The average molecular weight is 336 g/mol. The Bertz CT molecular complexity index is 556. The smallest absolute Gasteiger partial charge is 0.133 e. The molecule has 108 valence electrons. The van der Waals surface area contributed by atoms with Crippen molar-refractivity contribution in [3.8, 4) is 0 Å². The Morgan fingerprint density at radius 1 is 1.15 bits per heavy atom. The van der Waals surface area contributed by atoms with Gasteiger partial charge in [0.15, 0.2) is 0 Å². The van der Waals surface area contributed by atoms with E-state index in [1.54, 1.807) is 0 Å². The van der Waals surface area contributed by atoms with Crippen molar-refractivity contribution in [2.75, 3.05) is 31.5 Å². The summed E-state index contributed by atoms with van der Waals surface area (Å²) in [6, 6.07) is 8.26. The molecule has 0 spiro atoms. The molecule has 0 fully saturated rings. The molecule has 2 aromatic rings. The molecule has 0 bridgehead atoms. The number of hydrogen-bond acceptors (Lipinski definition) is 3. The number of benzene rings is 1. The maximum absolute atomic E-state index is 4.47. The first-order valence-corrected chi connectivity index (χ1v) is 8.05. The third kappa shape index (κ3) is 3.70. The van der Waals surface area contributed by atoms with Crippen molar-refractivity contribution < 1.29 is 0 Å². The summed E-state index contributed by atoms with van der Waals surface area (Å²) in [5, 5.41) is 5.83. The maximum Gasteiger partial charge on any atom is 0.133 e. The summed E-state index contributed by atoms with van der Waals surface area (Å²) in [5.41, 5.74) is 0. The van der Waals surface area contributed by atoms with Crippen LogP contribution in [0.4, 0.5) is 5.82 Å². The van der Waals surface area contributed by atoms with Crippen LogP contribution < -0.4 is 5.32 Å². The first kappa shape index (κ1) is 15.3. The third-order valence-electron chi connectivity index (χ3n) is 3.46. The lowest BCUT2D eigenvalue weighted by Crippen LogP contribution is -2.29. The number of likely N-dealkylation sites (N-methyl/N-ethyl adjacent to an activating group) is 1. The van der Waals surface area contributed by atoms with Crippen LogP contribution in [0.1, 0.15) is 20.3 Å². The van der Waals surface area contributed by atoms with Crippen LogP contribution in [0.3, 0.4) is 0 Å². The van der Waals surface area contributed by atoms with Gasteiger partial charge in [0.2, 0.25) is 0 Å². The highest BCUT2D eigenvalue weighted by Crippen LogP contribution is 2.27. The molecule has 1 heterocycles. The Morgan fingerprint density at radius 3 is 2.75 bits per heavy atom. The topological polar surface area (TPSA) is 28.2 Å². The van der Waals surface area contributed by atoms with Crippen LogP contribution in [0.25, 0.3) is 10.8 Å². The molecule has 1 N–H and O–H groups in total. The molecular weight excluding hydrogens is 314 g/mol. The van der Waals surface area contributed by atoms with Gasteiger partial charge in [-0.15, -0.1) is 0 Å². The molecule has 0 amide bonds. The van der Waals surface area contributed by atoms with E-state index in [9.17, 15) is 0 Å². The Kier molecular flexibility index (Phi) is 5.80. The number of halogens is 1. The number of hydrogen-bond donors (Lipinski definition) is 1. The minimum absolute atomic E-state index is 0.923. The standard InChI is InChI=1S/C16H22BrN3/c1-3-11-20(4-2)12-10-19-16-14-6-5-7-15(17)13(14)8-9-18-16/h5-9H,3-4,10-12H2,1-2H3,(H,18,19). The average Bonchev–Trinajstić information content (AvgIpc) is 2.47. The second kappa shape index (κ2) is 7.60. The van der Waals surface area contributed by atoms with Gasteiger partial charge in [-0.25, -0.2) is 4.98 Å². The monoisotopic (exact) mass is 335 g/mol. The number of anilines is 1. The Morgan fingerprint density at radius 2 is 2.00 bits per heavy atom. The van der Waals surface area contributed by atoms with Crippen LogP contribution in [-0.2, 0) is 0 Å². The molecule has 0 aliphatic carbocycles. The minimum atomic E-state index is 0.923. The van der Waals surface area contributed by atoms with Gasteiger partial charge in [0.05, 0.1) is 0 Å². The van der Waals surface area contributed by atoms with Crippen LogP contribution in [0.5, 0.6) is 0 Å². The number of fused-ring (bicyclic) bond motifs is 1. The summed E-state index contributed by atoms with van der Waals surface area (Å²) in [4.78, 5) is 6.92. The summed E-state index contributed by atoms with van der Waals surface area (Å²) in [6.07, 6.45) is 3.06. The zero-order chi connectivity index (χ0) is 14.4. The van der Waals surface area contributed by atoms with Gasteiger partial charge in [-0.1, -0.05) is 41.9 Å². The van der Waals surface area contributed by atoms with Crippen LogP contribution >= 0.6 is 15.9 Å². The zero-order valence-corrected chi connectivity index (χ0v) is 13.8. The summed E-state index contributed by atoms with van der Waals surface area (Å²) in [5.74, 6) is 0.969. The van der Waals surface area contributed by atoms with E-state index >= 15 is 0 Å².